The highest BCUT2D eigenvalue weighted by atomic mass is 16.6. The zero-order chi connectivity index (χ0) is 18.9. The molecule has 1 unspecified atom stereocenters. The maximum Gasteiger partial charge on any atom is 0.407 e. The lowest BCUT2D eigenvalue weighted by Crippen LogP contribution is -2.46. The molecule has 0 aromatic heterocycles. The van der Waals surface area contributed by atoms with Gasteiger partial charge in [-0.05, 0) is 26.3 Å². The average molecular weight is 352 g/mol. The molecule has 0 heterocycles. The normalized spacial score (nSPS) is 12.0. The first-order valence-corrected chi connectivity index (χ1v) is 7.81. The summed E-state index contributed by atoms with van der Waals surface area (Å²) in [4.78, 5) is 34.3. The Labute approximate surface area is 146 Å². The van der Waals surface area contributed by atoms with Gasteiger partial charge in [-0.3, -0.25) is 4.79 Å². The summed E-state index contributed by atoms with van der Waals surface area (Å²) in [6.45, 7) is 5.09. The number of benzene rings is 1. The number of hydrogen-bond donors (Lipinski definition) is 3. The SMILES string of the molecule is CC(C)(C)OC(=O)NCC(CC(=O)O)NC(=O)OCc1ccccc1. The Morgan fingerprint density at radius 3 is 2.32 bits per heavy atom. The summed E-state index contributed by atoms with van der Waals surface area (Å²) >= 11 is 0. The number of carbonyl (C=O) groups is 3. The molecular formula is C17H24N2O6. The smallest absolute Gasteiger partial charge is 0.407 e. The number of ether oxygens (including phenoxy) is 2. The van der Waals surface area contributed by atoms with Gasteiger partial charge >= 0.3 is 18.2 Å². The van der Waals surface area contributed by atoms with Gasteiger partial charge in [0.25, 0.3) is 0 Å². The van der Waals surface area contributed by atoms with Gasteiger partial charge in [-0.25, -0.2) is 9.59 Å². The van der Waals surface area contributed by atoms with Crippen LogP contribution in [-0.4, -0.2) is 41.4 Å². The van der Waals surface area contributed by atoms with Gasteiger partial charge in [0.2, 0.25) is 0 Å². The summed E-state index contributed by atoms with van der Waals surface area (Å²) in [6.07, 6.45) is -1.82. The third-order valence-corrected chi connectivity index (χ3v) is 2.85. The minimum absolute atomic E-state index is 0.0615. The Bertz CT molecular complexity index is 583. The molecule has 1 aromatic carbocycles. The number of carbonyl (C=O) groups excluding carboxylic acids is 2. The Morgan fingerprint density at radius 1 is 1.12 bits per heavy atom. The van der Waals surface area contributed by atoms with E-state index in [4.69, 9.17) is 14.6 Å². The summed E-state index contributed by atoms with van der Waals surface area (Å²) in [5, 5.41) is 13.8. The molecule has 8 heteroatoms. The molecular weight excluding hydrogens is 328 g/mol. The van der Waals surface area contributed by atoms with E-state index in [0.29, 0.717) is 0 Å². The van der Waals surface area contributed by atoms with Crippen LogP contribution in [0.2, 0.25) is 0 Å². The van der Waals surface area contributed by atoms with Crippen LogP contribution in [0.3, 0.4) is 0 Å². The molecule has 0 aliphatic carbocycles. The van der Waals surface area contributed by atoms with Crippen LogP contribution in [0.15, 0.2) is 30.3 Å². The Balaban J connectivity index is 2.47. The van der Waals surface area contributed by atoms with Crippen molar-refractivity contribution in [3.05, 3.63) is 35.9 Å². The van der Waals surface area contributed by atoms with E-state index >= 15 is 0 Å². The van der Waals surface area contributed by atoms with Gasteiger partial charge in [0.05, 0.1) is 12.5 Å². The molecule has 0 aliphatic heterocycles. The van der Waals surface area contributed by atoms with Crippen molar-refractivity contribution in [2.45, 2.75) is 45.4 Å². The molecule has 0 fully saturated rings. The Morgan fingerprint density at radius 2 is 1.76 bits per heavy atom. The van der Waals surface area contributed by atoms with Crippen molar-refractivity contribution in [1.82, 2.24) is 10.6 Å². The molecule has 1 aromatic rings. The molecule has 2 amide bonds. The molecule has 0 aliphatic rings. The lowest BCUT2D eigenvalue weighted by molar-refractivity contribution is -0.137. The van der Waals surface area contributed by atoms with E-state index in [2.05, 4.69) is 10.6 Å². The van der Waals surface area contributed by atoms with Gasteiger partial charge in [0, 0.05) is 6.54 Å². The number of carboxylic acid groups (broad SMARTS) is 1. The third-order valence-electron chi connectivity index (χ3n) is 2.85. The molecule has 0 spiro atoms. The molecule has 0 saturated carbocycles. The predicted molar refractivity (Wildman–Crippen MR) is 90.0 cm³/mol. The molecule has 0 bridgehead atoms. The molecule has 1 rings (SSSR count). The van der Waals surface area contributed by atoms with Crippen molar-refractivity contribution in [1.29, 1.82) is 0 Å². The van der Waals surface area contributed by atoms with E-state index in [1.165, 1.54) is 0 Å². The summed E-state index contributed by atoms with van der Waals surface area (Å²) < 4.78 is 10.1. The van der Waals surface area contributed by atoms with Crippen LogP contribution < -0.4 is 10.6 Å². The summed E-state index contributed by atoms with van der Waals surface area (Å²) in [5.41, 5.74) is 0.133. The maximum absolute atomic E-state index is 11.8. The lowest BCUT2D eigenvalue weighted by atomic mass is 10.2. The highest BCUT2D eigenvalue weighted by Crippen LogP contribution is 2.06. The zero-order valence-electron chi connectivity index (χ0n) is 14.6. The summed E-state index contributed by atoms with van der Waals surface area (Å²) in [7, 11) is 0. The second-order valence-corrected chi connectivity index (χ2v) is 6.38. The standard InChI is InChI=1S/C17H24N2O6/c1-17(2,3)25-15(22)18-10-13(9-14(20)21)19-16(23)24-11-12-7-5-4-6-8-12/h4-8,13H,9-11H2,1-3H3,(H,18,22)(H,19,23)(H,20,21). The molecule has 25 heavy (non-hydrogen) atoms. The van der Waals surface area contributed by atoms with Crippen LogP contribution in [0.25, 0.3) is 0 Å². The van der Waals surface area contributed by atoms with Gasteiger partial charge in [-0.2, -0.15) is 0 Å². The van der Waals surface area contributed by atoms with Crippen LogP contribution in [0.1, 0.15) is 32.8 Å². The monoisotopic (exact) mass is 352 g/mol. The fourth-order valence-corrected chi connectivity index (χ4v) is 1.84. The van der Waals surface area contributed by atoms with E-state index in [0.717, 1.165) is 5.56 Å². The minimum atomic E-state index is -1.11. The Hall–Kier alpha value is -2.77. The molecule has 0 saturated heterocycles. The van der Waals surface area contributed by atoms with E-state index in [1.54, 1.807) is 32.9 Å². The van der Waals surface area contributed by atoms with E-state index in [9.17, 15) is 14.4 Å². The van der Waals surface area contributed by atoms with Gasteiger partial charge in [-0.15, -0.1) is 0 Å². The van der Waals surface area contributed by atoms with Crippen LogP contribution in [-0.2, 0) is 20.9 Å². The predicted octanol–water partition coefficient (Wildman–Crippen LogP) is 2.28. The number of rotatable bonds is 7. The molecule has 1 atom stereocenters. The highest BCUT2D eigenvalue weighted by Gasteiger charge is 2.20. The van der Waals surface area contributed by atoms with Gasteiger partial charge < -0.3 is 25.2 Å². The lowest BCUT2D eigenvalue weighted by Gasteiger charge is -2.22. The second-order valence-electron chi connectivity index (χ2n) is 6.38. The summed E-state index contributed by atoms with van der Waals surface area (Å²) in [5.74, 6) is -1.11. The highest BCUT2D eigenvalue weighted by molar-refractivity contribution is 5.72. The van der Waals surface area contributed by atoms with Gasteiger partial charge in [-0.1, -0.05) is 30.3 Å². The van der Waals surface area contributed by atoms with Crippen LogP contribution in [0.4, 0.5) is 9.59 Å². The van der Waals surface area contributed by atoms with Crippen LogP contribution >= 0.6 is 0 Å². The number of amides is 2. The molecule has 0 radical (unpaired) electrons. The average Bonchev–Trinajstić information content (AvgIpc) is 2.49. The number of carboxylic acids is 1. The second kappa shape index (κ2) is 9.51. The number of hydrogen-bond acceptors (Lipinski definition) is 5. The first kappa shape index (κ1) is 20.3. The molecule has 3 N–H and O–H groups in total. The third kappa shape index (κ3) is 9.85. The molecule has 138 valence electrons. The first-order valence-electron chi connectivity index (χ1n) is 7.81. The van der Waals surface area contributed by atoms with Crippen molar-refractivity contribution in [3.63, 3.8) is 0 Å². The zero-order valence-corrected chi connectivity index (χ0v) is 14.6. The number of alkyl carbamates (subject to hydrolysis) is 2. The van der Waals surface area contributed by atoms with Gasteiger partial charge in [0.1, 0.15) is 12.2 Å². The topological polar surface area (TPSA) is 114 Å². The van der Waals surface area contributed by atoms with Crippen molar-refractivity contribution in [2.75, 3.05) is 6.54 Å². The molecule has 8 nitrogen and oxygen atoms in total. The maximum atomic E-state index is 11.8. The van der Waals surface area contributed by atoms with Crippen molar-refractivity contribution < 1.29 is 29.0 Å². The van der Waals surface area contributed by atoms with Crippen LogP contribution in [0.5, 0.6) is 0 Å². The summed E-state index contributed by atoms with van der Waals surface area (Å²) in [6, 6.07) is 8.24. The van der Waals surface area contributed by atoms with Crippen molar-refractivity contribution in [2.24, 2.45) is 0 Å². The van der Waals surface area contributed by atoms with Gasteiger partial charge in [0.15, 0.2) is 0 Å². The first-order chi connectivity index (χ1) is 11.7. The van der Waals surface area contributed by atoms with E-state index in [-0.39, 0.29) is 19.6 Å². The van der Waals surface area contributed by atoms with E-state index in [1.807, 2.05) is 18.2 Å². The van der Waals surface area contributed by atoms with Crippen molar-refractivity contribution >= 4 is 18.2 Å². The van der Waals surface area contributed by atoms with Crippen molar-refractivity contribution in [3.8, 4) is 0 Å². The minimum Gasteiger partial charge on any atom is -0.481 e. The van der Waals surface area contributed by atoms with Crippen LogP contribution in [0, 0.1) is 0 Å². The number of nitrogens with one attached hydrogen (secondary N) is 2. The largest absolute Gasteiger partial charge is 0.481 e. The van der Waals surface area contributed by atoms with E-state index < -0.39 is 29.8 Å². The quantitative estimate of drug-likeness (QED) is 0.694. The number of aliphatic carboxylic acids is 1. The fraction of sp³-hybridized carbons (Fsp3) is 0.471. The Kier molecular flexibility index (Phi) is 7.71. The fourth-order valence-electron chi connectivity index (χ4n) is 1.84.